The minimum absolute atomic E-state index is 0.0361. The quantitative estimate of drug-likeness (QED) is 0.847. The Balaban J connectivity index is 2.17. The van der Waals surface area contributed by atoms with Crippen LogP contribution in [0.25, 0.3) is 0 Å². The van der Waals surface area contributed by atoms with Gasteiger partial charge in [0.05, 0.1) is 12.3 Å². The molecule has 0 aliphatic heterocycles. The smallest absolute Gasteiger partial charge is 0.387 e. The number of alkyl halides is 2. The first-order valence-corrected chi connectivity index (χ1v) is 6.60. The van der Waals surface area contributed by atoms with E-state index in [9.17, 15) is 8.78 Å². The monoisotopic (exact) mass is 293 g/mol. The highest BCUT2D eigenvalue weighted by atomic mass is 19.3. The molecule has 2 rings (SSSR count). The first-order valence-electron chi connectivity index (χ1n) is 6.60. The summed E-state index contributed by atoms with van der Waals surface area (Å²) >= 11 is 0. The normalized spacial score (nSPS) is 12.2. The zero-order valence-corrected chi connectivity index (χ0v) is 11.6. The summed E-state index contributed by atoms with van der Waals surface area (Å²) in [5.41, 5.74) is 2.26. The van der Waals surface area contributed by atoms with Gasteiger partial charge in [0.25, 0.3) is 0 Å². The Hall–Kier alpha value is -2.14. The van der Waals surface area contributed by atoms with Crippen molar-refractivity contribution in [2.45, 2.75) is 26.2 Å². The maximum absolute atomic E-state index is 12.4. The summed E-state index contributed by atoms with van der Waals surface area (Å²) in [4.78, 5) is 0. The SMILES string of the molecule is CC(Nc1ccccc1OC(F)F)c1cccc(CO)c1. The molecule has 0 heterocycles. The fourth-order valence-corrected chi connectivity index (χ4v) is 2.06. The molecule has 21 heavy (non-hydrogen) atoms. The molecule has 2 N–H and O–H groups in total. The number of aliphatic hydroxyl groups excluding tert-OH is 1. The Morgan fingerprint density at radius 2 is 1.90 bits per heavy atom. The zero-order chi connectivity index (χ0) is 15.2. The summed E-state index contributed by atoms with van der Waals surface area (Å²) in [6.07, 6.45) is 0. The first kappa shape index (κ1) is 15.3. The van der Waals surface area contributed by atoms with Crippen LogP contribution in [0.2, 0.25) is 0 Å². The predicted molar refractivity (Wildman–Crippen MR) is 77.5 cm³/mol. The van der Waals surface area contributed by atoms with Crippen LogP contribution < -0.4 is 10.1 Å². The molecule has 0 fully saturated rings. The lowest BCUT2D eigenvalue weighted by Gasteiger charge is -2.19. The van der Waals surface area contributed by atoms with Gasteiger partial charge in [-0.25, -0.2) is 0 Å². The maximum Gasteiger partial charge on any atom is 0.387 e. The number of aliphatic hydroxyl groups is 1. The molecule has 1 atom stereocenters. The molecule has 0 spiro atoms. The molecular formula is C16H17F2NO2. The summed E-state index contributed by atoms with van der Waals surface area (Å²) in [6.45, 7) is -0.984. The van der Waals surface area contributed by atoms with E-state index in [1.54, 1.807) is 18.2 Å². The fourth-order valence-electron chi connectivity index (χ4n) is 2.06. The van der Waals surface area contributed by atoms with Gasteiger partial charge in [-0.2, -0.15) is 8.78 Å². The maximum atomic E-state index is 12.4. The van der Waals surface area contributed by atoms with Crippen molar-refractivity contribution >= 4 is 5.69 Å². The molecule has 0 aromatic heterocycles. The molecule has 0 bridgehead atoms. The highest BCUT2D eigenvalue weighted by Gasteiger charge is 2.12. The third-order valence-electron chi connectivity index (χ3n) is 3.11. The van der Waals surface area contributed by atoms with Crippen molar-refractivity contribution in [3.63, 3.8) is 0 Å². The van der Waals surface area contributed by atoms with E-state index < -0.39 is 6.61 Å². The number of benzene rings is 2. The van der Waals surface area contributed by atoms with Crippen molar-refractivity contribution in [3.05, 3.63) is 59.7 Å². The van der Waals surface area contributed by atoms with Crippen molar-refractivity contribution in [2.24, 2.45) is 0 Å². The van der Waals surface area contributed by atoms with Crippen LogP contribution in [-0.4, -0.2) is 11.7 Å². The molecule has 0 saturated heterocycles. The Morgan fingerprint density at radius 1 is 1.14 bits per heavy atom. The van der Waals surface area contributed by atoms with Crippen molar-refractivity contribution < 1.29 is 18.6 Å². The van der Waals surface area contributed by atoms with E-state index in [1.807, 2.05) is 31.2 Å². The summed E-state index contributed by atoms with van der Waals surface area (Å²) in [7, 11) is 0. The van der Waals surface area contributed by atoms with Crippen LogP contribution in [0.3, 0.4) is 0 Å². The third kappa shape index (κ3) is 4.16. The van der Waals surface area contributed by atoms with Crippen LogP contribution in [0.5, 0.6) is 5.75 Å². The lowest BCUT2D eigenvalue weighted by molar-refractivity contribution is -0.0493. The third-order valence-corrected chi connectivity index (χ3v) is 3.11. The second kappa shape index (κ2) is 7.04. The Bertz CT molecular complexity index is 590. The number of hydrogen-bond donors (Lipinski definition) is 2. The molecule has 0 aliphatic rings. The molecular weight excluding hydrogens is 276 g/mol. The van der Waals surface area contributed by atoms with Gasteiger partial charge >= 0.3 is 6.61 Å². The summed E-state index contributed by atoms with van der Waals surface area (Å²) < 4.78 is 29.3. The molecule has 1 unspecified atom stereocenters. The van der Waals surface area contributed by atoms with Crippen LogP contribution in [0.4, 0.5) is 14.5 Å². The molecule has 3 nitrogen and oxygen atoms in total. The molecule has 112 valence electrons. The molecule has 5 heteroatoms. The molecule has 0 amide bonds. The van der Waals surface area contributed by atoms with Crippen molar-refractivity contribution in [2.75, 3.05) is 5.32 Å². The van der Waals surface area contributed by atoms with E-state index in [-0.39, 0.29) is 18.4 Å². The van der Waals surface area contributed by atoms with Crippen molar-refractivity contribution in [1.29, 1.82) is 0 Å². The second-order valence-electron chi connectivity index (χ2n) is 4.64. The number of anilines is 1. The zero-order valence-electron chi connectivity index (χ0n) is 11.6. The lowest BCUT2D eigenvalue weighted by Crippen LogP contribution is -2.10. The summed E-state index contributed by atoms with van der Waals surface area (Å²) in [5, 5.41) is 12.3. The average Bonchev–Trinajstić information content (AvgIpc) is 2.48. The highest BCUT2D eigenvalue weighted by molar-refractivity contribution is 5.57. The van der Waals surface area contributed by atoms with Crippen molar-refractivity contribution in [1.82, 2.24) is 0 Å². The largest absolute Gasteiger partial charge is 0.433 e. The Morgan fingerprint density at radius 3 is 2.62 bits per heavy atom. The van der Waals surface area contributed by atoms with Crippen molar-refractivity contribution in [3.8, 4) is 5.75 Å². The molecule has 0 radical (unpaired) electrons. The van der Waals surface area contributed by atoms with Gasteiger partial charge in [-0.05, 0) is 30.2 Å². The molecule has 2 aromatic carbocycles. The topological polar surface area (TPSA) is 41.5 Å². The second-order valence-corrected chi connectivity index (χ2v) is 4.64. The fraction of sp³-hybridized carbons (Fsp3) is 0.250. The standard InChI is InChI=1S/C16H17F2NO2/c1-11(13-6-4-5-12(9-13)10-20)19-14-7-2-3-8-15(14)21-16(17)18/h2-9,11,16,19-20H,10H2,1H3. The lowest BCUT2D eigenvalue weighted by atomic mass is 10.1. The minimum atomic E-state index is -2.86. The van der Waals surface area contributed by atoms with E-state index in [0.29, 0.717) is 5.69 Å². The van der Waals surface area contributed by atoms with E-state index in [4.69, 9.17) is 5.11 Å². The van der Waals surface area contributed by atoms with Crippen LogP contribution in [0.15, 0.2) is 48.5 Å². The number of para-hydroxylation sites is 2. The number of ether oxygens (including phenoxy) is 1. The van der Waals surface area contributed by atoms with Gasteiger partial charge in [0, 0.05) is 6.04 Å². The Kier molecular flexibility index (Phi) is 5.11. The summed E-state index contributed by atoms with van der Waals surface area (Å²) in [6, 6.07) is 13.9. The minimum Gasteiger partial charge on any atom is -0.433 e. The van der Waals surface area contributed by atoms with Gasteiger partial charge in [0.1, 0.15) is 5.75 Å². The van der Waals surface area contributed by atoms with Gasteiger partial charge in [-0.1, -0.05) is 36.4 Å². The number of nitrogens with one attached hydrogen (secondary N) is 1. The Labute approximate surface area is 122 Å². The first-order chi connectivity index (χ1) is 10.1. The van der Waals surface area contributed by atoms with Gasteiger partial charge in [-0.3, -0.25) is 0 Å². The van der Waals surface area contributed by atoms with E-state index in [0.717, 1.165) is 11.1 Å². The van der Waals surface area contributed by atoms with Gasteiger partial charge in [-0.15, -0.1) is 0 Å². The highest BCUT2D eigenvalue weighted by Crippen LogP contribution is 2.29. The number of rotatable bonds is 6. The van der Waals surface area contributed by atoms with E-state index in [1.165, 1.54) is 6.07 Å². The predicted octanol–water partition coefficient (Wildman–Crippen LogP) is 3.95. The number of halogens is 2. The van der Waals surface area contributed by atoms with Gasteiger partial charge < -0.3 is 15.2 Å². The number of hydrogen-bond acceptors (Lipinski definition) is 3. The van der Waals surface area contributed by atoms with Gasteiger partial charge in [0.15, 0.2) is 0 Å². The van der Waals surface area contributed by atoms with Crippen LogP contribution in [-0.2, 0) is 6.61 Å². The summed E-state index contributed by atoms with van der Waals surface area (Å²) in [5.74, 6) is 0.109. The van der Waals surface area contributed by atoms with Crippen LogP contribution in [0.1, 0.15) is 24.1 Å². The van der Waals surface area contributed by atoms with Crippen LogP contribution >= 0.6 is 0 Å². The van der Waals surface area contributed by atoms with E-state index >= 15 is 0 Å². The molecule has 2 aromatic rings. The van der Waals surface area contributed by atoms with E-state index in [2.05, 4.69) is 10.1 Å². The molecule has 0 saturated carbocycles. The van der Waals surface area contributed by atoms with Crippen LogP contribution in [0, 0.1) is 0 Å². The molecule has 0 aliphatic carbocycles. The average molecular weight is 293 g/mol. The van der Waals surface area contributed by atoms with Gasteiger partial charge in [0.2, 0.25) is 0 Å².